The summed E-state index contributed by atoms with van der Waals surface area (Å²) in [5.41, 5.74) is 1.13. The van der Waals surface area contributed by atoms with Crippen LogP contribution in [0.2, 0.25) is 0 Å². The second-order valence-electron chi connectivity index (χ2n) is 5.14. The van der Waals surface area contributed by atoms with Crippen LogP contribution in [0, 0.1) is 0 Å². The molecule has 3 rings (SSSR count). The summed E-state index contributed by atoms with van der Waals surface area (Å²) in [4.78, 5) is 39.1. The van der Waals surface area contributed by atoms with Gasteiger partial charge in [0.05, 0.1) is 12.5 Å². The molecular formula is C15H15N3O3. The minimum absolute atomic E-state index is 0.140. The van der Waals surface area contributed by atoms with Crippen LogP contribution in [0.4, 0.5) is 0 Å². The van der Waals surface area contributed by atoms with Crippen molar-refractivity contribution in [3.8, 4) is 0 Å². The average Bonchev–Trinajstić information content (AvgIpc) is 2.72. The molecule has 1 saturated heterocycles. The van der Waals surface area contributed by atoms with Gasteiger partial charge < -0.3 is 10.3 Å². The molecule has 21 heavy (non-hydrogen) atoms. The fourth-order valence-corrected chi connectivity index (χ4v) is 2.47. The standard InChI is InChI=1S/C15H15N3O3/c1-18-13(19)7-12(15(18)21)16-8-10-6-9-4-2-3-5-11(9)17-14(10)20/h2-6,12,16H,7-8H2,1H3,(H,17,20). The lowest BCUT2D eigenvalue weighted by atomic mass is 10.1. The van der Waals surface area contributed by atoms with Crippen LogP contribution in [0.25, 0.3) is 10.9 Å². The summed E-state index contributed by atoms with van der Waals surface area (Å²) in [6, 6.07) is 8.75. The number of para-hydroxylation sites is 1. The number of nitrogens with zero attached hydrogens (tertiary/aromatic N) is 1. The van der Waals surface area contributed by atoms with Crippen molar-refractivity contribution in [3.05, 3.63) is 46.2 Å². The molecule has 0 bridgehead atoms. The molecule has 1 unspecified atom stereocenters. The lowest BCUT2D eigenvalue weighted by molar-refractivity contribution is -0.137. The van der Waals surface area contributed by atoms with Crippen molar-refractivity contribution in [2.24, 2.45) is 0 Å². The average molecular weight is 285 g/mol. The quantitative estimate of drug-likeness (QED) is 0.799. The molecule has 108 valence electrons. The second kappa shape index (κ2) is 5.14. The molecule has 1 aromatic carbocycles. The predicted molar refractivity (Wildman–Crippen MR) is 77.6 cm³/mol. The number of nitrogens with one attached hydrogen (secondary N) is 2. The highest BCUT2D eigenvalue weighted by molar-refractivity contribution is 6.05. The normalized spacial score (nSPS) is 18.7. The highest BCUT2D eigenvalue weighted by Gasteiger charge is 2.35. The van der Waals surface area contributed by atoms with E-state index in [9.17, 15) is 14.4 Å². The summed E-state index contributed by atoms with van der Waals surface area (Å²) in [5, 5.41) is 3.91. The Labute approximate surface area is 120 Å². The molecule has 2 heterocycles. The van der Waals surface area contributed by atoms with Gasteiger partial charge in [-0.2, -0.15) is 0 Å². The molecule has 0 spiro atoms. The van der Waals surface area contributed by atoms with E-state index in [4.69, 9.17) is 0 Å². The van der Waals surface area contributed by atoms with Gasteiger partial charge in [0, 0.05) is 24.7 Å². The smallest absolute Gasteiger partial charge is 0.252 e. The predicted octanol–water partition coefficient (Wildman–Crippen LogP) is 0.375. The maximum absolute atomic E-state index is 12.0. The van der Waals surface area contributed by atoms with Gasteiger partial charge in [-0.15, -0.1) is 0 Å². The van der Waals surface area contributed by atoms with E-state index >= 15 is 0 Å². The molecule has 1 fully saturated rings. The van der Waals surface area contributed by atoms with E-state index in [0.717, 1.165) is 15.8 Å². The number of hydrogen-bond donors (Lipinski definition) is 2. The van der Waals surface area contributed by atoms with Crippen LogP contribution in [0.3, 0.4) is 0 Å². The van der Waals surface area contributed by atoms with E-state index in [1.54, 1.807) is 6.07 Å². The minimum atomic E-state index is -0.548. The second-order valence-corrected chi connectivity index (χ2v) is 5.14. The summed E-state index contributed by atoms with van der Waals surface area (Å²) in [6.45, 7) is 0.248. The van der Waals surface area contributed by atoms with Crippen molar-refractivity contribution >= 4 is 22.7 Å². The number of fused-ring (bicyclic) bond motifs is 1. The van der Waals surface area contributed by atoms with Crippen LogP contribution >= 0.6 is 0 Å². The Balaban J connectivity index is 1.80. The van der Waals surface area contributed by atoms with E-state index in [1.807, 2.05) is 24.3 Å². The molecule has 1 atom stereocenters. The Morgan fingerprint density at radius 2 is 2.05 bits per heavy atom. The Morgan fingerprint density at radius 1 is 1.29 bits per heavy atom. The summed E-state index contributed by atoms with van der Waals surface area (Å²) >= 11 is 0. The zero-order valence-electron chi connectivity index (χ0n) is 11.6. The van der Waals surface area contributed by atoms with Crippen molar-refractivity contribution in [1.82, 2.24) is 15.2 Å². The third kappa shape index (κ3) is 2.45. The van der Waals surface area contributed by atoms with Crippen molar-refractivity contribution in [2.75, 3.05) is 7.05 Å². The number of H-pyrrole nitrogens is 1. The first-order chi connectivity index (χ1) is 10.1. The van der Waals surface area contributed by atoms with E-state index in [2.05, 4.69) is 10.3 Å². The molecule has 1 aliphatic rings. The Bertz CT molecular complexity index is 781. The van der Waals surface area contributed by atoms with Gasteiger partial charge in [-0.25, -0.2) is 0 Å². The Hall–Kier alpha value is -2.47. The monoisotopic (exact) mass is 285 g/mol. The molecule has 0 saturated carbocycles. The van der Waals surface area contributed by atoms with Crippen LogP contribution in [-0.2, 0) is 16.1 Å². The van der Waals surface area contributed by atoms with Crippen molar-refractivity contribution in [1.29, 1.82) is 0 Å². The molecular weight excluding hydrogens is 270 g/mol. The number of pyridine rings is 1. The zero-order chi connectivity index (χ0) is 15.0. The number of carbonyl (C=O) groups excluding carboxylic acids is 2. The minimum Gasteiger partial charge on any atom is -0.322 e. The zero-order valence-corrected chi connectivity index (χ0v) is 11.6. The van der Waals surface area contributed by atoms with Crippen molar-refractivity contribution in [3.63, 3.8) is 0 Å². The number of carbonyl (C=O) groups is 2. The summed E-state index contributed by atoms with van der Waals surface area (Å²) < 4.78 is 0. The highest BCUT2D eigenvalue weighted by Crippen LogP contribution is 2.13. The first-order valence-corrected chi connectivity index (χ1v) is 6.71. The molecule has 2 aromatic rings. The van der Waals surface area contributed by atoms with Crippen LogP contribution in [0.15, 0.2) is 35.1 Å². The number of imide groups is 1. The molecule has 2 N–H and O–H groups in total. The lowest BCUT2D eigenvalue weighted by Gasteiger charge is -2.11. The maximum Gasteiger partial charge on any atom is 0.252 e. The highest BCUT2D eigenvalue weighted by atomic mass is 16.2. The van der Waals surface area contributed by atoms with Gasteiger partial charge in [-0.05, 0) is 17.5 Å². The van der Waals surface area contributed by atoms with Crippen LogP contribution < -0.4 is 10.9 Å². The Kier molecular flexibility index (Phi) is 3.31. The number of likely N-dealkylation sites (tertiary alicyclic amines) is 1. The number of aromatic nitrogens is 1. The van der Waals surface area contributed by atoms with Gasteiger partial charge in [-0.3, -0.25) is 19.3 Å². The van der Waals surface area contributed by atoms with Gasteiger partial charge in [0.1, 0.15) is 0 Å². The first-order valence-electron chi connectivity index (χ1n) is 6.71. The molecule has 0 aliphatic carbocycles. The Morgan fingerprint density at radius 3 is 2.76 bits per heavy atom. The third-order valence-corrected chi connectivity index (χ3v) is 3.75. The van der Waals surface area contributed by atoms with Gasteiger partial charge in [0.25, 0.3) is 5.56 Å². The van der Waals surface area contributed by atoms with Crippen molar-refractivity contribution < 1.29 is 9.59 Å². The number of aromatic amines is 1. The van der Waals surface area contributed by atoms with Crippen molar-refractivity contribution in [2.45, 2.75) is 19.0 Å². The first kappa shape index (κ1) is 13.5. The van der Waals surface area contributed by atoms with Crippen LogP contribution in [0.1, 0.15) is 12.0 Å². The fraction of sp³-hybridized carbons (Fsp3) is 0.267. The maximum atomic E-state index is 12.0. The molecule has 1 aliphatic heterocycles. The molecule has 6 heteroatoms. The number of benzene rings is 1. The van der Waals surface area contributed by atoms with E-state index < -0.39 is 6.04 Å². The van der Waals surface area contributed by atoms with E-state index in [1.165, 1.54) is 7.05 Å². The van der Waals surface area contributed by atoms with E-state index in [-0.39, 0.29) is 30.3 Å². The van der Waals surface area contributed by atoms with Crippen LogP contribution in [-0.4, -0.2) is 34.8 Å². The topological polar surface area (TPSA) is 82.3 Å². The number of hydrogen-bond acceptors (Lipinski definition) is 4. The molecule has 2 amide bonds. The van der Waals surface area contributed by atoms with Gasteiger partial charge >= 0.3 is 0 Å². The number of likely N-dealkylation sites (N-methyl/N-ethyl adjacent to an activating group) is 1. The van der Waals surface area contributed by atoms with Gasteiger partial charge in [0.15, 0.2) is 0 Å². The largest absolute Gasteiger partial charge is 0.322 e. The van der Waals surface area contributed by atoms with Gasteiger partial charge in [0.2, 0.25) is 11.8 Å². The summed E-state index contributed by atoms with van der Waals surface area (Å²) in [5.74, 6) is -0.456. The van der Waals surface area contributed by atoms with E-state index in [0.29, 0.717) is 5.56 Å². The molecule has 0 radical (unpaired) electrons. The number of amides is 2. The van der Waals surface area contributed by atoms with Gasteiger partial charge in [-0.1, -0.05) is 18.2 Å². The summed E-state index contributed by atoms with van der Waals surface area (Å²) in [6.07, 6.45) is 0.140. The van der Waals surface area contributed by atoms with Crippen LogP contribution in [0.5, 0.6) is 0 Å². The molecule has 6 nitrogen and oxygen atoms in total. The molecule has 1 aromatic heterocycles. The third-order valence-electron chi connectivity index (χ3n) is 3.75. The number of rotatable bonds is 3. The lowest BCUT2D eigenvalue weighted by Crippen LogP contribution is -2.37. The fourth-order valence-electron chi connectivity index (χ4n) is 2.47. The summed E-state index contributed by atoms with van der Waals surface area (Å²) in [7, 11) is 1.47. The SMILES string of the molecule is CN1C(=O)CC(NCc2cc3ccccc3[nH]c2=O)C1=O.